The van der Waals surface area contributed by atoms with Crippen LogP contribution in [-0.4, -0.2) is 40.8 Å². The average Bonchev–Trinajstić information content (AvgIpc) is 2.67. The van der Waals surface area contributed by atoms with Crippen LogP contribution in [0.5, 0.6) is 0 Å². The van der Waals surface area contributed by atoms with Gasteiger partial charge in [-0.2, -0.15) is 0 Å². The highest BCUT2D eigenvalue weighted by molar-refractivity contribution is 7.13. The second-order valence-corrected chi connectivity index (χ2v) is 5.33. The number of aromatic nitrogens is 2. The van der Waals surface area contributed by atoms with Gasteiger partial charge in [-0.1, -0.05) is 18.3 Å². The maximum atomic E-state index is 4.03. The molecule has 1 fully saturated rings. The van der Waals surface area contributed by atoms with Crippen LogP contribution in [0.2, 0.25) is 0 Å². The van der Waals surface area contributed by atoms with Gasteiger partial charge in [0, 0.05) is 18.6 Å². The van der Waals surface area contributed by atoms with E-state index < -0.39 is 0 Å². The molecule has 2 rings (SSSR count). The van der Waals surface area contributed by atoms with Gasteiger partial charge < -0.3 is 10.2 Å². The second-order valence-electron chi connectivity index (χ2n) is 4.50. The number of hydrogen-bond donors (Lipinski definition) is 1. The van der Waals surface area contributed by atoms with Gasteiger partial charge in [0.15, 0.2) is 0 Å². The van der Waals surface area contributed by atoms with Crippen LogP contribution >= 0.6 is 11.3 Å². The largest absolute Gasteiger partial charge is 0.357 e. The number of likely N-dealkylation sites (tertiary alicyclic amines) is 1. The van der Waals surface area contributed by atoms with Crippen molar-refractivity contribution in [3.8, 4) is 0 Å². The molecule has 5 heteroatoms. The van der Waals surface area contributed by atoms with Crippen molar-refractivity contribution in [3.63, 3.8) is 0 Å². The van der Waals surface area contributed by atoms with Gasteiger partial charge in [-0.25, -0.2) is 0 Å². The van der Waals surface area contributed by atoms with Gasteiger partial charge >= 0.3 is 0 Å². The van der Waals surface area contributed by atoms with Crippen molar-refractivity contribution >= 4 is 16.5 Å². The Balaban J connectivity index is 1.97. The Morgan fingerprint density at radius 1 is 1.53 bits per heavy atom. The van der Waals surface area contributed by atoms with Gasteiger partial charge in [0.25, 0.3) is 0 Å². The van der Waals surface area contributed by atoms with E-state index in [0.29, 0.717) is 18.0 Å². The summed E-state index contributed by atoms with van der Waals surface area (Å²) in [6.45, 7) is 5.72. The molecule has 4 nitrogen and oxygen atoms in total. The van der Waals surface area contributed by atoms with E-state index in [4.69, 9.17) is 0 Å². The highest BCUT2D eigenvalue weighted by atomic mass is 32.1. The molecule has 1 aliphatic heterocycles. The van der Waals surface area contributed by atoms with Crippen molar-refractivity contribution in [2.45, 2.75) is 32.4 Å². The molecule has 0 bridgehead atoms. The van der Waals surface area contributed by atoms with Crippen LogP contribution in [0.15, 0.2) is 5.51 Å². The molecule has 3 unspecified atom stereocenters. The Morgan fingerprint density at radius 3 is 3.00 bits per heavy atom. The van der Waals surface area contributed by atoms with Crippen molar-refractivity contribution in [2.75, 3.05) is 18.9 Å². The summed E-state index contributed by atoms with van der Waals surface area (Å²) >= 11 is 1.57. The van der Waals surface area contributed by atoms with E-state index in [1.54, 1.807) is 16.8 Å². The van der Waals surface area contributed by atoms with Gasteiger partial charge in [0.1, 0.15) is 5.51 Å². The maximum Gasteiger partial charge on any atom is 0.205 e. The molecule has 0 aliphatic carbocycles. The number of hydrogen-bond acceptors (Lipinski definition) is 5. The maximum absolute atomic E-state index is 4.03. The zero-order valence-electron chi connectivity index (χ0n) is 9.47. The summed E-state index contributed by atoms with van der Waals surface area (Å²) in [5, 5.41) is 12.3. The van der Waals surface area contributed by atoms with Crippen LogP contribution in [0, 0.1) is 5.92 Å². The van der Waals surface area contributed by atoms with E-state index in [2.05, 4.69) is 41.3 Å². The molecule has 0 amide bonds. The van der Waals surface area contributed by atoms with E-state index in [0.717, 1.165) is 11.7 Å². The topological polar surface area (TPSA) is 41.0 Å². The van der Waals surface area contributed by atoms with Crippen molar-refractivity contribution < 1.29 is 0 Å². The molecule has 0 saturated carbocycles. The highest BCUT2D eigenvalue weighted by Gasteiger charge is 2.29. The average molecular weight is 226 g/mol. The van der Waals surface area contributed by atoms with Crippen molar-refractivity contribution in [1.82, 2.24) is 15.1 Å². The minimum atomic E-state index is 0.532. The Kier molecular flexibility index (Phi) is 3.21. The predicted molar refractivity (Wildman–Crippen MR) is 63.2 cm³/mol. The summed E-state index contributed by atoms with van der Waals surface area (Å²) in [4.78, 5) is 2.42. The van der Waals surface area contributed by atoms with E-state index in [9.17, 15) is 0 Å². The molecule has 1 aromatic heterocycles. The Bertz CT molecular complexity index is 300. The minimum absolute atomic E-state index is 0.532. The third-order valence-electron chi connectivity index (χ3n) is 3.28. The lowest BCUT2D eigenvalue weighted by Gasteiger charge is -2.39. The third-order valence-corrected chi connectivity index (χ3v) is 3.90. The first-order valence-corrected chi connectivity index (χ1v) is 6.27. The Labute approximate surface area is 94.7 Å². The molecule has 1 aromatic rings. The number of rotatable bonds is 2. The van der Waals surface area contributed by atoms with E-state index >= 15 is 0 Å². The zero-order valence-corrected chi connectivity index (χ0v) is 10.3. The first kappa shape index (κ1) is 10.8. The van der Waals surface area contributed by atoms with Gasteiger partial charge in [0.05, 0.1) is 0 Å². The summed E-state index contributed by atoms with van der Waals surface area (Å²) in [5.74, 6) is 0.662. The van der Waals surface area contributed by atoms with E-state index in [1.165, 1.54) is 6.42 Å². The van der Waals surface area contributed by atoms with Crippen LogP contribution in [0.4, 0.5) is 5.13 Å². The molecule has 15 heavy (non-hydrogen) atoms. The van der Waals surface area contributed by atoms with E-state index in [-0.39, 0.29) is 0 Å². The van der Waals surface area contributed by atoms with E-state index in [1.807, 2.05) is 0 Å². The van der Waals surface area contributed by atoms with Gasteiger partial charge in [-0.15, -0.1) is 10.2 Å². The Morgan fingerprint density at radius 2 is 2.33 bits per heavy atom. The molecule has 1 aliphatic rings. The molecular formula is C10H18N4S. The summed E-state index contributed by atoms with van der Waals surface area (Å²) in [5.41, 5.74) is 1.77. The fourth-order valence-electron chi connectivity index (χ4n) is 2.14. The molecule has 0 aromatic carbocycles. The molecule has 1 saturated heterocycles. The van der Waals surface area contributed by atoms with Crippen molar-refractivity contribution in [3.05, 3.63) is 5.51 Å². The standard InChI is InChI=1S/C10H18N4S/c1-7-5-14(3)8(2)4-9(7)12-10-13-11-6-15-10/h6-9H,4-5H2,1-3H3,(H,12,13). The summed E-state index contributed by atoms with van der Waals surface area (Å²) in [7, 11) is 2.20. The quantitative estimate of drug-likeness (QED) is 0.833. The van der Waals surface area contributed by atoms with Crippen LogP contribution in [0.1, 0.15) is 20.3 Å². The first-order chi connectivity index (χ1) is 7.16. The van der Waals surface area contributed by atoms with Gasteiger partial charge in [0.2, 0.25) is 5.13 Å². The minimum Gasteiger partial charge on any atom is -0.357 e. The number of anilines is 1. The molecule has 3 atom stereocenters. The highest BCUT2D eigenvalue weighted by Crippen LogP contribution is 2.24. The van der Waals surface area contributed by atoms with Crippen LogP contribution < -0.4 is 5.32 Å². The van der Waals surface area contributed by atoms with Crippen LogP contribution in [0.25, 0.3) is 0 Å². The predicted octanol–water partition coefficient (Wildman–Crippen LogP) is 1.68. The molecule has 84 valence electrons. The van der Waals surface area contributed by atoms with Crippen LogP contribution in [0.3, 0.4) is 0 Å². The van der Waals surface area contributed by atoms with Gasteiger partial charge in [-0.05, 0) is 26.3 Å². The SMILES string of the molecule is CC1CN(C)C(C)CC1Nc1nncs1. The fraction of sp³-hybridized carbons (Fsp3) is 0.800. The second kappa shape index (κ2) is 4.45. The fourth-order valence-corrected chi connectivity index (χ4v) is 2.64. The number of nitrogens with one attached hydrogen (secondary N) is 1. The van der Waals surface area contributed by atoms with Crippen LogP contribution in [-0.2, 0) is 0 Å². The monoisotopic (exact) mass is 226 g/mol. The summed E-state index contributed by atoms with van der Waals surface area (Å²) in [6, 6.07) is 1.18. The lowest BCUT2D eigenvalue weighted by atomic mass is 9.90. The Hall–Kier alpha value is -0.680. The molecule has 0 spiro atoms. The lowest BCUT2D eigenvalue weighted by Crippen LogP contribution is -2.48. The molecular weight excluding hydrogens is 208 g/mol. The van der Waals surface area contributed by atoms with Crippen molar-refractivity contribution in [2.24, 2.45) is 5.92 Å². The number of piperidine rings is 1. The third kappa shape index (κ3) is 2.46. The zero-order chi connectivity index (χ0) is 10.8. The normalized spacial score (nSPS) is 32.9. The molecule has 2 heterocycles. The number of nitrogens with zero attached hydrogens (tertiary/aromatic N) is 3. The van der Waals surface area contributed by atoms with Gasteiger partial charge in [-0.3, -0.25) is 0 Å². The molecule has 1 N–H and O–H groups in total. The lowest BCUT2D eigenvalue weighted by molar-refractivity contribution is 0.145. The summed E-state index contributed by atoms with van der Waals surface area (Å²) < 4.78 is 0. The molecule has 0 radical (unpaired) electrons. The first-order valence-electron chi connectivity index (χ1n) is 5.39. The smallest absolute Gasteiger partial charge is 0.205 e. The van der Waals surface area contributed by atoms with Crippen molar-refractivity contribution in [1.29, 1.82) is 0 Å². The summed E-state index contributed by atoms with van der Waals surface area (Å²) in [6.07, 6.45) is 1.18.